The Morgan fingerprint density at radius 2 is 1.68 bits per heavy atom. The Morgan fingerprint density at radius 3 is 2.29 bits per heavy atom. The number of hydrogen-bond donors (Lipinski definition) is 0. The normalized spacial score (nSPS) is 14.0. The van der Waals surface area contributed by atoms with Crippen LogP contribution in [0.15, 0.2) is 29.3 Å². The van der Waals surface area contributed by atoms with Crippen molar-refractivity contribution in [3.05, 3.63) is 50.9 Å². The lowest BCUT2D eigenvalue weighted by atomic mass is 10.1. The Hall–Kier alpha value is -3.20. The summed E-state index contributed by atoms with van der Waals surface area (Å²) < 4.78 is 12.2. The van der Waals surface area contributed by atoms with Crippen molar-refractivity contribution in [2.24, 2.45) is 0 Å². The minimum atomic E-state index is -0.166. The van der Waals surface area contributed by atoms with E-state index in [1.165, 1.54) is 16.2 Å². The lowest BCUT2D eigenvalue weighted by Crippen LogP contribution is -2.28. The van der Waals surface area contributed by atoms with E-state index in [4.69, 9.17) is 9.47 Å². The van der Waals surface area contributed by atoms with Crippen molar-refractivity contribution >= 4 is 33.4 Å². The molecule has 0 N–H and O–H groups in total. The predicted octanol–water partition coefficient (Wildman–Crippen LogP) is 2.68. The average Bonchev–Trinajstić information content (AvgIpc) is 3.27. The first-order valence-corrected chi connectivity index (χ1v) is 10.8. The van der Waals surface area contributed by atoms with Crippen LogP contribution in [0.1, 0.15) is 28.8 Å². The highest BCUT2D eigenvalue weighted by Crippen LogP contribution is 2.29. The fraction of sp³-hybridized carbons (Fsp3) is 0.364. The first kappa shape index (κ1) is 21.0. The summed E-state index contributed by atoms with van der Waals surface area (Å²) in [5.74, 6) is 1.06. The van der Waals surface area contributed by atoms with E-state index in [1.807, 2.05) is 19.1 Å². The summed E-state index contributed by atoms with van der Waals surface area (Å²) in [6, 6.07) is 5.63. The molecule has 4 rings (SSSR count). The maximum atomic E-state index is 13.1. The van der Waals surface area contributed by atoms with Crippen LogP contribution in [0.3, 0.4) is 0 Å². The quantitative estimate of drug-likeness (QED) is 0.524. The van der Waals surface area contributed by atoms with Gasteiger partial charge in [0.2, 0.25) is 11.8 Å². The molecule has 2 amide bonds. The lowest BCUT2D eigenvalue weighted by molar-refractivity contribution is -0.138. The Balaban J connectivity index is 1.60. The van der Waals surface area contributed by atoms with Gasteiger partial charge in [0.25, 0.3) is 5.56 Å². The van der Waals surface area contributed by atoms with E-state index in [0.29, 0.717) is 34.7 Å². The van der Waals surface area contributed by atoms with Gasteiger partial charge in [-0.05, 0) is 36.6 Å². The highest BCUT2D eigenvalue weighted by atomic mass is 32.1. The van der Waals surface area contributed by atoms with E-state index < -0.39 is 0 Å². The monoisotopic (exact) mass is 441 g/mol. The molecule has 1 fully saturated rings. The second kappa shape index (κ2) is 8.50. The topological polar surface area (TPSA) is 90.7 Å². The number of thiophene rings is 1. The third-order valence-corrected chi connectivity index (χ3v) is 6.71. The minimum Gasteiger partial charge on any atom is -0.497 e. The van der Waals surface area contributed by atoms with Gasteiger partial charge in [0.15, 0.2) is 0 Å². The summed E-state index contributed by atoms with van der Waals surface area (Å²) in [6.45, 7) is 2.50. The number of aromatic nitrogens is 2. The molecule has 2 aromatic heterocycles. The van der Waals surface area contributed by atoms with E-state index in [2.05, 4.69) is 4.98 Å². The molecule has 31 heavy (non-hydrogen) atoms. The molecule has 0 aliphatic carbocycles. The molecule has 9 heteroatoms. The first-order chi connectivity index (χ1) is 14.9. The summed E-state index contributed by atoms with van der Waals surface area (Å²) >= 11 is 1.36. The highest BCUT2D eigenvalue weighted by molar-refractivity contribution is 7.18. The summed E-state index contributed by atoms with van der Waals surface area (Å²) in [7, 11) is 3.20. The molecule has 0 unspecified atom stereocenters. The first-order valence-electron chi connectivity index (χ1n) is 9.93. The number of imide groups is 1. The van der Waals surface area contributed by atoms with Gasteiger partial charge in [-0.3, -0.25) is 23.9 Å². The zero-order valence-corrected chi connectivity index (χ0v) is 18.5. The number of likely N-dealkylation sites (tertiary alicyclic amines) is 1. The number of carbonyl (C=O) groups excluding carboxylic acids is 2. The van der Waals surface area contributed by atoms with Crippen LogP contribution in [0.2, 0.25) is 0 Å². The number of hydrogen-bond acceptors (Lipinski definition) is 7. The minimum absolute atomic E-state index is 0.126. The lowest BCUT2D eigenvalue weighted by Gasteiger charge is -2.12. The van der Waals surface area contributed by atoms with E-state index in [-0.39, 0.29) is 36.8 Å². The Kier molecular flexibility index (Phi) is 5.77. The number of fused-ring (bicyclic) bond motifs is 1. The zero-order chi connectivity index (χ0) is 22.1. The summed E-state index contributed by atoms with van der Waals surface area (Å²) in [4.78, 5) is 44.2. The zero-order valence-electron chi connectivity index (χ0n) is 17.6. The number of amides is 2. The number of ether oxygens (including phenoxy) is 2. The predicted molar refractivity (Wildman–Crippen MR) is 117 cm³/mol. The Morgan fingerprint density at radius 1 is 1.03 bits per heavy atom. The third-order valence-electron chi connectivity index (χ3n) is 5.53. The molecule has 0 saturated carbocycles. The van der Waals surface area contributed by atoms with Crippen molar-refractivity contribution in [3.63, 3.8) is 0 Å². The van der Waals surface area contributed by atoms with Crippen LogP contribution in [0.4, 0.5) is 0 Å². The van der Waals surface area contributed by atoms with Crippen LogP contribution in [0.5, 0.6) is 11.5 Å². The number of nitrogens with zero attached hydrogens (tertiary/aromatic N) is 3. The van der Waals surface area contributed by atoms with Crippen molar-refractivity contribution in [2.45, 2.75) is 39.3 Å². The van der Waals surface area contributed by atoms with Gasteiger partial charge in [-0.25, -0.2) is 4.98 Å². The van der Waals surface area contributed by atoms with Crippen LogP contribution in [0, 0.1) is 6.92 Å². The van der Waals surface area contributed by atoms with Gasteiger partial charge in [0.1, 0.15) is 16.3 Å². The number of benzene rings is 1. The highest BCUT2D eigenvalue weighted by Gasteiger charge is 2.30. The molecular weight excluding hydrogens is 418 g/mol. The number of rotatable bonds is 7. The standard InChI is InChI=1S/C22H23N3O5S/c1-13-17(11-25-18(26)4-5-19(25)27)31-21-20(13)22(28)24(12-23-21)7-6-14-8-15(29-2)10-16(9-14)30-3/h8-10,12H,4-7,11H2,1-3H3. The second-order valence-electron chi connectivity index (χ2n) is 7.42. The molecule has 8 nitrogen and oxygen atoms in total. The Bertz CT molecular complexity index is 1190. The van der Waals surface area contributed by atoms with Gasteiger partial charge in [-0.2, -0.15) is 0 Å². The Labute approximate surface area is 183 Å². The summed E-state index contributed by atoms with van der Waals surface area (Å²) in [5, 5.41) is 0.546. The van der Waals surface area contributed by atoms with Crippen molar-refractivity contribution in [1.29, 1.82) is 0 Å². The van der Waals surface area contributed by atoms with Gasteiger partial charge in [-0.15, -0.1) is 11.3 Å². The SMILES string of the molecule is COc1cc(CCn2cnc3sc(CN4C(=O)CCC4=O)c(C)c3c2=O)cc(OC)c1. The molecule has 0 spiro atoms. The summed E-state index contributed by atoms with van der Waals surface area (Å²) in [6.07, 6.45) is 2.66. The van der Waals surface area contributed by atoms with Gasteiger partial charge < -0.3 is 9.47 Å². The largest absolute Gasteiger partial charge is 0.497 e. The van der Waals surface area contributed by atoms with Crippen LogP contribution in [-0.2, 0) is 29.1 Å². The van der Waals surface area contributed by atoms with Crippen molar-refractivity contribution in [2.75, 3.05) is 14.2 Å². The molecule has 3 aromatic rings. The van der Waals surface area contributed by atoms with Crippen molar-refractivity contribution < 1.29 is 19.1 Å². The molecule has 0 bridgehead atoms. The van der Waals surface area contributed by atoms with Crippen LogP contribution in [-0.4, -0.2) is 40.5 Å². The molecule has 162 valence electrons. The molecule has 0 radical (unpaired) electrons. The molecule has 3 heterocycles. The van der Waals surface area contributed by atoms with Gasteiger partial charge >= 0.3 is 0 Å². The third kappa shape index (κ3) is 4.05. The van der Waals surface area contributed by atoms with E-state index in [1.54, 1.807) is 31.2 Å². The molecular formula is C22H23N3O5S. The molecule has 1 aromatic carbocycles. The van der Waals surface area contributed by atoms with E-state index in [0.717, 1.165) is 16.0 Å². The molecule has 1 aliphatic heterocycles. The molecule has 1 aliphatic rings. The maximum Gasteiger partial charge on any atom is 0.262 e. The molecule has 1 saturated heterocycles. The number of carbonyl (C=O) groups is 2. The van der Waals surface area contributed by atoms with E-state index >= 15 is 0 Å². The fourth-order valence-corrected chi connectivity index (χ4v) is 4.84. The van der Waals surface area contributed by atoms with Gasteiger partial charge in [-0.1, -0.05) is 0 Å². The maximum absolute atomic E-state index is 13.1. The number of methoxy groups -OCH3 is 2. The van der Waals surface area contributed by atoms with Gasteiger partial charge in [0, 0.05) is 30.3 Å². The average molecular weight is 442 g/mol. The van der Waals surface area contributed by atoms with Crippen molar-refractivity contribution in [1.82, 2.24) is 14.5 Å². The van der Waals surface area contributed by atoms with Gasteiger partial charge in [0.05, 0.1) is 32.5 Å². The molecule has 0 atom stereocenters. The second-order valence-corrected chi connectivity index (χ2v) is 8.50. The fourth-order valence-electron chi connectivity index (χ4n) is 3.72. The van der Waals surface area contributed by atoms with Crippen molar-refractivity contribution in [3.8, 4) is 11.5 Å². The van der Waals surface area contributed by atoms with Crippen LogP contribution >= 0.6 is 11.3 Å². The van der Waals surface area contributed by atoms with Crippen LogP contribution in [0.25, 0.3) is 10.2 Å². The number of aryl methyl sites for hydroxylation is 3. The summed E-state index contributed by atoms with van der Waals surface area (Å²) in [5.41, 5.74) is 1.64. The van der Waals surface area contributed by atoms with E-state index in [9.17, 15) is 14.4 Å². The smallest absolute Gasteiger partial charge is 0.262 e. The van der Waals surface area contributed by atoms with Crippen LogP contribution < -0.4 is 15.0 Å².